The summed E-state index contributed by atoms with van der Waals surface area (Å²) in [7, 11) is 0. The lowest BCUT2D eigenvalue weighted by Gasteiger charge is -2.35. The van der Waals surface area contributed by atoms with Gasteiger partial charge in [-0.1, -0.05) is 51.5 Å². The van der Waals surface area contributed by atoms with Gasteiger partial charge in [-0.3, -0.25) is 14.5 Å². The van der Waals surface area contributed by atoms with E-state index in [2.05, 4.69) is 0 Å². The first-order valence-corrected chi connectivity index (χ1v) is 10.9. The van der Waals surface area contributed by atoms with Crippen LogP contribution < -0.4 is 0 Å². The Morgan fingerprint density at radius 2 is 1.50 bits per heavy atom. The highest BCUT2D eigenvalue weighted by molar-refractivity contribution is 6.55. The van der Waals surface area contributed by atoms with Gasteiger partial charge in [0.1, 0.15) is 5.60 Å². The van der Waals surface area contributed by atoms with Crippen molar-refractivity contribution in [2.45, 2.75) is 51.0 Å². The molecule has 1 saturated carbocycles. The number of morpholine rings is 1. The summed E-state index contributed by atoms with van der Waals surface area (Å²) in [5.74, 6) is -3.16. The third-order valence-electron chi connectivity index (χ3n) is 4.98. The Bertz CT molecular complexity index is 1020. The van der Waals surface area contributed by atoms with E-state index in [4.69, 9.17) is 60.7 Å². The van der Waals surface area contributed by atoms with Crippen molar-refractivity contribution in [1.82, 2.24) is 9.96 Å². The molecule has 0 spiro atoms. The Hall–Kier alpha value is -1.78. The molecule has 4 rings (SSSR count). The van der Waals surface area contributed by atoms with Gasteiger partial charge < -0.3 is 14.3 Å². The SMILES string of the molecule is CC(C)(C)OC(=O)N1C(C(=O)ON2C(=O)c3c(Cl)c(Cl)c(Cl)c(Cl)c3C2=O)COC2CC21. The second-order valence-electron chi connectivity index (χ2n) is 8.40. The van der Waals surface area contributed by atoms with E-state index >= 15 is 0 Å². The van der Waals surface area contributed by atoms with Gasteiger partial charge >= 0.3 is 12.1 Å². The van der Waals surface area contributed by atoms with E-state index in [0.717, 1.165) is 0 Å². The first-order valence-electron chi connectivity index (χ1n) is 9.43. The topological polar surface area (TPSA) is 102 Å². The first kappa shape index (κ1) is 23.4. The highest BCUT2D eigenvalue weighted by Gasteiger charge is 2.56. The van der Waals surface area contributed by atoms with E-state index in [1.165, 1.54) is 4.90 Å². The molecule has 9 nitrogen and oxygen atoms in total. The standard InChI is InChI=1S/C19H16Cl4N2O7/c1-19(2,3)31-18(29)24-6-4-8(6)30-5-7(24)17(28)32-25-15(26)9-10(16(25)27)12(21)14(23)13(22)11(9)20/h6-8H,4-5H2,1-3H3. The summed E-state index contributed by atoms with van der Waals surface area (Å²) in [6, 6.07) is -1.61. The van der Waals surface area contributed by atoms with Crippen molar-refractivity contribution in [2.75, 3.05) is 6.61 Å². The molecule has 13 heteroatoms. The number of halogens is 4. The average molecular weight is 526 g/mol. The molecule has 0 bridgehead atoms. The number of hydrogen-bond acceptors (Lipinski definition) is 7. The van der Waals surface area contributed by atoms with E-state index in [1.807, 2.05) is 0 Å². The van der Waals surface area contributed by atoms with E-state index in [-0.39, 0.29) is 55.0 Å². The molecule has 3 atom stereocenters. The third kappa shape index (κ3) is 3.80. The van der Waals surface area contributed by atoms with Crippen LogP contribution in [0, 0.1) is 0 Å². The smallest absolute Gasteiger partial charge is 0.411 e. The number of hydroxylamine groups is 2. The molecule has 172 valence electrons. The largest absolute Gasteiger partial charge is 0.444 e. The Labute approximate surface area is 202 Å². The van der Waals surface area contributed by atoms with Crippen molar-refractivity contribution in [2.24, 2.45) is 0 Å². The first-order chi connectivity index (χ1) is 14.8. The number of fused-ring (bicyclic) bond motifs is 2. The number of carbonyl (C=O) groups is 4. The van der Waals surface area contributed by atoms with Crippen molar-refractivity contribution in [3.05, 3.63) is 31.2 Å². The molecule has 3 aliphatic rings. The van der Waals surface area contributed by atoms with Gasteiger partial charge in [0.25, 0.3) is 11.8 Å². The molecule has 0 aromatic heterocycles. The predicted octanol–water partition coefficient (Wildman–Crippen LogP) is 4.13. The van der Waals surface area contributed by atoms with Crippen LogP contribution in [-0.2, 0) is 19.1 Å². The summed E-state index contributed by atoms with van der Waals surface area (Å²) in [5, 5.41) is -0.829. The summed E-state index contributed by atoms with van der Waals surface area (Å²) in [6.07, 6.45) is -0.423. The van der Waals surface area contributed by atoms with Gasteiger partial charge in [-0.2, -0.15) is 0 Å². The van der Waals surface area contributed by atoms with Gasteiger partial charge in [-0.25, -0.2) is 9.59 Å². The third-order valence-corrected chi connectivity index (χ3v) is 6.78. The van der Waals surface area contributed by atoms with Gasteiger partial charge in [-0.05, 0) is 27.2 Å². The highest BCUT2D eigenvalue weighted by atomic mass is 35.5. The van der Waals surface area contributed by atoms with E-state index in [1.54, 1.807) is 20.8 Å². The maximum absolute atomic E-state index is 12.9. The molecule has 1 aromatic carbocycles. The van der Waals surface area contributed by atoms with Crippen LogP contribution in [0.15, 0.2) is 0 Å². The average Bonchev–Trinajstić information content (AvgIpc) is 3.44. The van der Waals surface area contributed by atoms with Crippen molar-refractivity contribution in [3.8, 4) is 0 Å². The molecule has 2 fully saturated rings. The Kier molecular flexibility index (Phi) is 5.78. The fourth-order valence-electron chi connectivity index (χ4n) is 3.48. The number of rotatable bonds is 2. The maximum atomic E-state index is 12.9. The molecule has 1 saturated heterocycles. The Balaban J connectivity index is 1.59. The number of carbonyl (C=O) groups excluding carboxylic acids is 4. The van der Waals surface area contributed by atoms with Gasteiger partial charge in [0, 0.05) is 0 Å². The van der Waals surface area contributed by atoms with Gasteiger partial charge in [-0.15, -0.1) is 0 Å². The molecule has 32 heavy (non-hydrogen) atoms. The van der Waals surface area contributed by atoms with Crippen LogP contribution in [0.1, 0.15) is 47.9 Å². The van der Waals surface area contributed by atoms with E-state index < -0.39 is 35.5 Å². The number of nitrogens with zero attached hydrogens (tertiary/aromatic N) is 2. The normalized spacial score (nSPS) is 24.3. The molecule has 0 radical (unpaired) electrons. The van der Waals surface area contributed by atoms with E-state index in [9.17, 15) is 19.2 Å². The van der Waals surface area contributed by atoms with Crippen LogP contribution in [0.3, 0.4) is 0 Å². The van der Waals surface area contributed by atoms with Crippen LogP contribution in [0.25, 0.3) is 0 Å². The highest BCUT2D eigenvalue weighted by Crippen LogP contribution is 2.45. The molecular formula is C19H16Cl4N2O7. The van der Waals surface area contributed by atoms with Crippen LogP contribution in [-0.4, -0.2) is 64.2 Å². The van der Waals surface area contributed by atoms with Crippen LogP contribution >= 0.6 is 46.4 Å². The minimum Gasteiger partial charge on any atom is -0.444 e. The number of amides is 3. The second kappa shape index (κ2) is 7.92. The van der Waals surface area contributed by atoms with Gasteiger partial charge in [0.2, 0.25) is 0 Å². The molecule has 3 amide bonds. The lowest BCUT2D eigenvalue weighted by atomic mass is 10.1. The lowest BCUT2D eigenvalue weighted by Crippen LogP contribution is -2.55. The number of benzene rings is 1. The predicted molar refractivity (Wildman–Crippen MR) is 113 cm³/mol. The van der Waals surface area contributed by atoms with Gasteiger partial charge in [0.05, 0.1) is 50.0 Å². The molecule has 1 aliphatic carbocycles. The van der Waals surface area contributed by atoms with Crippen molar-refractivity contribution in [1.29, 1.82) is 0 Å². The molecule has 2 heterocycles. The van der Waals surface area contributed by atoms with Gasteiger partial charge in [0.15, 0.2) is 6.04 Å². The van der Waals surface area contributed by atoms with E-state index in [0.29, 0.717) is 6.42 Å². The lowest BCUT2D eigenvalue weighted by molar-refractivity contribution is -0.180. The summed E-state index contributed by atoms with van der Waals surface area (Å²) >= 11 is 24.1. The minimum atomic E-state index is -1.24. The molecular weight excluding hydrogens is 510 g/mol. The minimum absolute atomic E-state index is 0.193. The number of hydrogen-bond donors (Lipinski definition) is 0. The summed E-state index contributed by atoms with van der Waals surface area (Å²) in [6.45, 7) is 4.87. The van der Waals surface area contributed by atoms with Crippen molar-refractivity contribution in [3.63, 3.8) is 0 Å². The number of imide groups is 1. The molecule has 3 unspecified atom stereocenters. The zero-order valence-electron chi connectivity index (χ0n) is 16.9. The summed E-state index contributed by atoms with van der Waals surface area (Å²) in [4.78, 5) is 57.5. The van der Waals surface area contributed by atoms with Crippen LogP contribution in [0.5, 0.6) is 0 Å². The molecule has 1 aromatic rings. The summed E-state index contributed by atoms with van der Waals surface area (Å²) in [5.41, 5.74) is -1.48. The zero-order valence-corrected chi connectivity index (χ0v) is 19.9. The number of ether oxygens (including phenoxy) is 2. The second-order valence-corrected chi connectivity index (χ2v) is 9.91. The van der Waals surface area contributed by atoms with Crippen molar-refractivity contribution >= 4 is 70.3 Å². The summed E-state index contributed by atoms with van der Waals surface area (Å²) < 4.78 is 10.9. The van der Waals surface area contributed by atoms with Crippen molar-refractivity contribution < 1.29 is 33.5 Å². The quantitative estimate of drug-likeness (QED) is 0.325. The fourth-order valence-corrected chi connectivity index (χ4v) is 4.49. The monoisotopic (exact) mass is 524 g/mol. The zero-order chi connectivity index (χ0) is 23.7. The fraction of sp³-hybridized carbons (Fsp3) is 0.474. The Morgan fingerprint density at radius 3 is 2.00 bits per heavy atom. The van der Waals surface area contributed by atoms with Crippen LogP contribution in [0.4, 0.5) is 4.79 Å². The maximum Gasteiger partial charge on any atom is 0.411 e. The molecule has 0 N–H and O–H groups in total. The Morgan fingerprint density at radius 1 is 0.969 bits per heavy atom. The van der Waals surface area contributed by atoms with Crippen LogP contribution in [0.2, 0.25) is 20.1 Å². The molecule has 2 aliphatic heterocycles.